The Labute approximate surface area is 121 Å². The molecule has 112 valence electrons. The third-order valence-corrected chi connectivity index (χ3v) is 4.42. The van der Waals surface area contributed by atoms with Crippen LogP contribution in [-0.2, 0) is 0 Å². The lowest BCUT2D eigenvalue weighted by molar-refractivity contribution is 0.199. The zero-order valence-corrected chi connectivity index (χ0v) is 12.8. The molecule has 0 heterocycles. The fourth-order valence-electron chi connectivity index (χ4n) is 3.28. The van der Waals surface area contributed by atoms with Gasteiger partial charge in [0.15, 0.2) is 0 Å². The minimum absolute atomic E-state index is 0.232. The Bertz CT molecular complexity index is 453. The first-order valence-corrected chi connectivity index (χ1v) is 7.79. The highest BCUT2D eigenvalue weighted by atomic mass is 19.1. The molecule has 0 saturated heterocycles. The first-order valence-electron chi connectivity index (χ1n) is 7.79. The maximum absolute atomic E-state index is 13.8. The Morgan fingerprint density at radius 3 is 2.50 bits per heavy atom. The van der Waals surface area contributed by atoms with Crippen LogP contribution < -0.4 is 4.90 Å². The van der Waals surface area contributed by atoms with E-state index < -0.39 is 6.10 Å². The van der Waals surface area contributed by atoms with E-state index in [2.05, 4.69) is 11.8 Å². The molecule has 2 rings (SSSR count). The lowest BCUT2D eigenvalue weighted by Crippen LogP contribution is -2.37. The van der Waals surface area contributed by atoms with E-state index >= 15 is 0 Å². The average Bonchev–Trinajstić information content (AvgIpc) is 2.44. The number of hydrogen-bond donors (Lipinski definition) is 1. The highest BCUT2D eigenvalue weighted by Crippen LogP contribution is 2.34. The minimum Gasteiger partial charge on any atom is -0.389 e. The smallest absolute Gasteiger partial charge is 0.126 e. The van der Waals surface area contributed by atoms with Gasteiger partial charge in [0, 0.05) is 23.8 Å². The van der Waals surface area contributed by atoms with E-state index in [4.69, 9.17) is 0 Å². The van der Waals surface area contributed by atoms with Gasteiger partial charge in [-0.25, -0.2) is 4.39 Å². The molecule has 3 heteroatoms. The molecule has 1 aromatic rings. The molecule has 1 atom stereocenters. The monoisotopic (exact) mass is 279 g/mol. The van der Waals surface area contributed by atoms with E-state index in [0.717, 1.165) is 12.2 Å². The normalized spacial score (nSPS) is 18.1. The van der Waals surface area contributed by atoms with Gasteiger partial charge >= 0.3 is 0 Å². The Kier molecular flexibility index (Phi) is 5.03. The molecular weight excluding hydrogens is 253 g/mol. The molecule has 1 aromatic carbocycles. The molecule has 0 radical (unpaired) electrons. The van der Waals surface area contributed by atoms with Gasteiger partial charge in [-0.05, 0) is 51.3 Å². The van der Waals surface area contributed by atoms with Crippen LogP contribution in [0, 0.1) is 12.7 Å². The van der Waals surface area contributed by atoms with E-state index in [1.54, 1.807) is 13.8 Å². The fourth-order valence-corrected chi connectivity index (χ4v) is 3.28. The van der Waals surface area contributed by atoms with Crippen LogP contribution >= 0.6 is 0 Å². The molecule has 1 fully saturated rings. The van der Waals surface area contributed by atoms with Crippen LogP contribution in [0.1, 0.15) is 63.2 Å². The van der Waals surface area contributed by atoms with Crippen molar-refractivity contribution in [3.8, 4) is 0 Å². The number of rotatable bonds is 4. The van der Waals surface area contributed by atoms with Gasteiger partial charge in [0.2, 0.25) is 0 Å². The SMILES string of the molecule is CCN(c1cc(C)c(F)cc1[C@@H](C)O)C1CCCCC1. The summed E-state index contributed by atoms with van der Waals surface area (Å²) in [5, 5.41) is 9.97. The van der Waals surface area contributed by atoms with Crippen molar-refractivity contribution in [2.75, 3.05) is 11.4 Å². The zero-order valence-electron chi connectivity index (χ0n) is 12.8. The second kappa shape index (κ2) is 6.57. The third kappa shape index (κ3) is 3.14. The quantitative estimate of drug-likeness (QED) is 0.886. The number of aryl methyl sites for hydroxylation is 1. The van der Waals surface area contributed by atoms with Crippen molar-refractivity contribution in [1.29, 1.82) is 0 Å². The second-order valence-corrected chi connectivity index (χ2v) is 5.91. The van der Waals surface area contributed by atoms with Gasteiger partial charge < -0.3 is 10.0 Å². The third-order valence-electron chi connectivity index (χ3n) is 4.42. The summed E-state index contributed by atoms with van der Waals surface area (Å²) in [5.41, 5.74) is 2.37. The summed E-state index contributed by atoms with van der Waals surface area (Å²) < 4.78 is 13.8. The van der Waals surface area contributed by atoms with Crippen LogP contribution in [0.2, 0.25) is 0 Å². The number of nitrogens with zero attached hydrogens (tertiary/aromatic N) is 1. The Morgan fingerprint density at radius 2 is 1.95 bits per heavy atom. The molecule has 1 N–H and O–H groups in total. The second-order valence-electron chi connectivity index (χ2n) is 5.91. The van der Waals surface area contributed by atoms with Gasteiger partial charge in [-0.15, -0.1) is 0 Å². The number of hydrogen-bond acceptors (Lipinski definition) is 2. The highest BCUT2D eigenvalue weighted by molar-refractivity contribution is 5.57. The van der Waals surface area contributed by atoms with Gasteiger partial charge in [-0.3, -0.25) is 0 Å². The number of benzene rings is 1. The minimum atomic E-state index is -0.641. The van der Waals surface area contributed by atoms with E-state index in [0.29, 0.717) is 17.2 Å². The van der Waals surface area contributed by atoms with E-state index in [1.165, 1.54) is 38.2 Å². The van der Waals surface area contributed by atoms with Crippen LogP contribution in [0.4, 0.5) is 10.1 Å². The molecule has 1 aliphatic rings. The first-order chi connectivity index (χ1) is 9.54. The molecule has 0 spiro atoms. The van der Waals surface area contributed by atoms with Crippen molar-refractivity contribution in [3.63, 3.8) is 0 Å². The van der Waals surface area contributed by atoms with Crippen LogP contribution in [0.15, 0.2) is 12.1 Å². The van der Waals surface area contributed by atoms with Crippen molar-refractivity contribution in [2.24, 2.45) is 0 Å². The van der Waals surface area contributed by atoms with Crippen molar-refractivity contribution in [2.45, 2.75) is 65.0 Å². The van der Waals surface area contributed by atoms with Gasteiger partial charge in [0.05, 0.1) is 6.10 Å². The molecule has 0 bridgehead atoms. The topological polar surface area (TPSA) is 23.5 Å². The summed E-state index contributed by atoms with van der Waals surface area (Å²) in [6, 6.07) is 3.92. The molecule has 0 aromatic heterocycles. The van der Waals surface area contributed by atoms with Gasteiger partial charge in [0.1, 0.15) is 5.82 Å². The Balaban J connectivity index is 2.39. The van der Waals surface area contributed by atoms with Crippen molar-refractivity contribution in [1.82, 2.24) is 0 Å². The van der Waals surface area contributed by atoms with Crippen LogP contribution in [0.5, 0.6) is 0 Å². The van der Waals surface area contributed by atoms with E-state index in [9.17, 15) is 9.50 Å². The van der Waals surface area contributed by atoms with Gasteiger partial charge in [-0.1, -0.05) is 19.3 Å². The lowest BCUT2D eigenvalue weighted by atomic mass is 9.92. The van der Waals surface area contributed by atoms with Gasteiger partial charge in [0.25, 0.3) is 0 Å². The van der Waals surface area contributed by atoms with Crippen LogP contribution in [0.25, 0.3) is 0 Å². The number of aliphatic hydroxyl groups excluding tert-OH is 1. The summed E-state index contributed by atoms with van der Waals surface area (Å²) in [6.45, 7) is 6.54. The summed E-state index contributed by atoms with van der Waals surface area (Å²) in [5.74, 6) is -0.232. The molecule has 2 nitrogen and oxygen atoms in total. The summed E-state index contributed by atoms with van der Waals surface area (Å²) in [7, 11) is 0. The van der Waals surface area contributed by atoms with Crippen LogP contribution in [-0.4, -0.2) is 17.7 Å². The zero-order chi connectivity index (χ0) is 14.7. The van der Waals surface area contributed by atoms with Gasteiger partial charge in [-0.2, -0.15) is 0 Å². The fraction of sp³-hybridized carbons (Fsp3) is 0.647. The van der Waals surface area contributed by atoms with E-state index in [1.807, 2.05) is 6.07 Å². The van der Waals surface area contributed by atoms with Crippen molar-refractivity contribution >= 4 is 5.69 Å². The standard InChI is InChI=1S/C17H26FNO/c1-4-19(14-8-6-5-7-9-14)17-10-12(2)16(18)11-15(17)13(3)20/h10-11,13-14,20H,4-9H2,1-3H3/t13-/m1/s1. The average molecular weight is 279 g/mol. The summed E-state index contributed by atoms with van der Waals surface area (Å²) >= 11 is 0. The molecule has 20 heavy (non-hydrogen) atoms. The van der Waals surface area contributed by atoms with Crippen molar-refractivity contribution < 1.29 is 9.50 Å². The molecule has 1 aliphatic carbocycles. The Morgan fingerprint density at radius 1 is 1.30 bits per heavy atom. The maximum atomic E-state index is 13.8. The molecular formula is C17H26FNO. The number of aliphatic hydroxyl groups is 1. The predicted octanol–water partition coefficient (Wildman–Crippen LogP) is 4.35. The largest absolute Gasteiger partial charge is 0.389 e. The molecule has 0 amide bonds. The first kappa shape index (κ1) is 15.3. The summed E-state index contributed by atoms with van der Waals surface area (Å²) in [6.07, 6.45) is 5.61. The molecule has 0 aliphatic heterocycles. The number of halogens is 1. The van der Waals surface area contributed by atoms with Crippen molar-refractivity contribution in [3.05, 3.63) is 29.1 Å². The Hall–Kier alpha value is -1.09. The predicted molar refractivity (Wildman–Crippen MR) is 81.7 cm³/mol. The molecule has 0 unspecified atom stereocenters. The number of anilines is 1. The van der Waals surface area contributed by atoms with Crippen LogP contribution in [0.3, 0.4) is 0 Å². The summed E-state index contributed by atoms with van der Waals surface area (Å²) in [4.78, 5) is 2.35. The maximum Gasteiger partial charge on any atom is 0.126 e. The molecule has 1 saturated carbocycles. The van der Waals surface area contributed by atoms with E-state index in [-0.39, 0.29) is 5.82 Å². The highest BCUT2D eigenvalue weighted by Gasteiger charge is 2.24. The lowest BCUT2D eigenvalue weighted by Gasteiger charge is -2.37.